The first-order chi connectivity index (χ1) is 15.0. The highest BCUT2D eigenvalue weighted by molar-refractivity contribution is 6.31. The predicted molar refractivity (Wildman–Crippen MR) is 123 cm³/mol. The molecule has 31 heavy (non-hydrogen) atoms. The number of carbonyl (C=O) groups excluding carboxylic acids is 2. The molecule has 0 spiro atoms. The fraction of sp³-hybridized carbons (Fsp3) is 0.167. The van der Waals surface area contributed by atoms with E-state index < -0.39 is 0 Å². The summed E-state index contributed by atoms with van der Waals surface area (Å²) in [5.74, 6) is 0.573. The van der Waals surface area contributed by atoms with Crippen LogP contribution < -0.4 is 20.1 Å². The molecule has 0 atom stereocenters. The summed E-state index contributed by atoms with van der Waals surface area (Å²) in [6.45, 7) is 4.72. The Hall–Kier alpha value is -3.51. The maximum absolute atomic E-state index is 12.7. The number of benzene rings is 3. The quantitative estimate of drug-likeness (QED) is 0.477. The van der Waals surface area contributed by atoms with Crippen molar-refractivity contribution in [1.82, 2.24) is 0 Å². The summed E-state index contributed by atoms with van der Waals surface area (Å²) in [4.78, 5) is 25.0. The molecular weight excluding hydrogens is 416 g/mol. The van der Waals surface area contributed by atoms with Gasteiger partial charge in [0.1, 0.15) is 11.5 Å². The molecule has 0 aliphatic carbocycles. The molecule has 0 saturated carbocycles. The Kier molecular flexibility index (Phi) is 7.51. The summed E-state index contributed by atoms with van der Waals surface area (Å²) in [6, 6.07) is 18.6. The van der Waals surface area contributed by atoms with Crippen LogP contribution in [0, 0.1) is 0 Å². The van der Waals surface area contributed by atoms with E-state index in [9.17, 15) is 9.59 Å². The second-order valence-electron chi connectivity index (χ2n) is 6.56. The number of halogens is 1. The molecule has 0 unspecified atom stereocenters. The van der Waals surface area contributed by atoms with Crippen molar-refractivity contribution in [2.45, 2.75) is 13.8 Å². The first-order valence-electron chi connectivity index (χ1n) is 9.87. The van der Waals surface area contributed by atoms with Crippen LogP contribution in [0.3, 0.4) is 0 Å². The minimum absolute atomic E-state index is 0.268. The zero-order chi connectivity index (χ0) is 22.2. The van der Waals surface area contributed by atoms with Gasteiger partial charge in [0.05, 0.1) is 13.2 Å². The molecular formula is C24H23ClN2O4. The number of ether oxygens (including phenoxy) is 2. The first kappa shape index (κ1) is 22.2. The molecule has 3 aromatic carbocycles. The van der Waals surface area contributed by atoms with Gasteiger partial charge in [0.25, 0.3) is 11.8 Å². The number of carbonyl (C=O) groups is 2. The van der Waals surface area contributed by atoms with Crippen LogP contribution in [0.5, 0.6) is 11.5 Å². The lowest BCUT2D eigenvalue weighted by atomic mass is 10.1. The van der Waals surface area contributed by atoms with E-state index in [4.69, 9.17) is 21.1 Å². The summed E-state index contributed by atoms with van der Waals surface area (Å²) in [7, 11) is 0. The van der Waals surface area contributed by atoms with E-state index in [0.717, 1.165) is 0 Å². The average Bonchev–Trinajstić information content (AvgIpc) is 2.75. The van der Waals surface area contributed by atoms with Crippen LogP contribution in [0.4, 0.5) is 11.4 Å². The fourth-order valence-corrected chi connectivity index (χ4v) is 3.07. The Morgan fingerprint density at radius 3 is 1.74 bits per heavy atom. The molecule has 0 aliphatic rings. The molecule has 2 amide bonds. The van der Waals surface area contributed by atoms with Crippen LogP contribution >= 0.6 is 11.6 Å². The Morgan fingerprint density at radius 1 is 0.742 bits per heavy atom. The van der Waals surface area contributed by atoms with Crippen LogP contribution in [0.1, 0.15) is 34.6 Å². The number of amides is 2. The zero-order valence-corrected chi connectivity index (χ0v) is 18.0. The van der Waals surface area contributed by atoms with Crippen LogP contribution in [-0.4, -0.2) is 25.0 Å². The highest BCUT2D eigenvalue weighted by atomic mass is 35.5. The van der Waals surface area contributed by atoms with E-state index in [1.54, 1.807) is 66.7 Å². The molecule has 0 radical (unpaired) electrons. The van der Waals surface area contributed by atoms with Crippen molar-refractivity contribution in [3.8, 4) is 11.5 Å². The van der Waals surface area contributed by atoms with Gasteiger partial charge < -0.3 is 20.1 Å². The van der Waals surface area contributed by atoms with Gasteiger partial charge in [0.15, 0.2) is 0 Å². The van der Waals surface area contributed by atoms with Gasteiger partial charge in [-0.1, -0.05) is 17.7 Å². The Bertz CT molecular complexity index is 1040. The molecule has 2 N–H and O–H groups in total. The molecule has 7 heteroatoms. The summed E-state index contributed by atoms with van der Waals surface area (Å²) in [5, 5.41) is 6.13. The van der Waals surface area contributed by atoms with E-state index in [1.807, 2.05) is 13.8 Å². The van der Waals surface area contributed by atoms with Gasteiger partial charge in [-0.3, -0.25) is 9.59 Å². The Morgan fingerprint density at radius 2 is 1.26 bits per heavy atom. The highest BCUT2D eigenvalue weighted by Gasteiger charge is 2.12. The second kappa shape index (κ2) is 10.5. The number of hydrogen-bond donors (Lipinski definition) is 2. The highest BCUT2D eigenvalue weighted by Crippen LogP contribution is 2.24. The zero-order valence-electron chi connectivity index (χ0n) is 17.3. The first-order valence-corrected chi connectivity index (χ1v) is 10.2. The molecule has 0 aromatic heterocycles. The fourth-order valence-electron chi connectivity index (χ4n) is 2.88. The predicted octanol–water partition coefficient (Wildman–Crippen LogP) is 5.64. The SMILES string of the molecule is CCOc1cc(OCC)cc(C(=O)Nc2ccc(NC(=O)c3cccc(Cl)c3)cc2)c1. The maximum Gasteiger partial charge on any atom is 0.255 e. The van der Waals surface area contributed by atoms with Gasteiger partial charge in [0, 0.05) is 33.6 Å². The van der Waals surface area contributed by atoms with Crippen LogP contribution in [0.15, 0.2) is 66.7 Å². The van der Waals surface area contributed by atoms with E-state index in [-0.39, 0.29) is 11.8 Å². The summed E-state index contributed by atoms with van der Waals surface area (Å²) in [5.41, 5.74) is 2.07. The van der Waals surface area contributed by atoms with Gasteiger partial charge in [0.2, 0.25) is 0 Å². The monoisotopic (exact) mass is 438 g/mol. The molecule has 6 nitrogen and oxygen atoms in total. The van der Waals surface area contributed by atoms with E-state index in [0.29, 0.717) is 52.2 Å². The van der Waals surface area contributed by atoms with Gasteiger partial charge in [-0.15, -0.1) is 0 Å². The molecule has 160 valence electrons. The van der Waals surface area contributed by atoms with Crippen molar-refractivity contribution in [1.29, 1.82) is 0 Å². The smallest absolute Gasteiger partial charge is 0.255 e. The number of hydrogen-bond acceptors (Lipinski definition) is 4. The minimum atomic E-state index is -0.293. The molecule has 3 rings (SSSR count). The lowest BCUT2D eigenvalue weighted by Gasteiger charge is -2.12. The van der Waals surface area contributed by atoms with Crippen LogP contribution in [0.25, 0.3) is 0 Å². The average molecular weight is 439 g/mol. The number of anilines is 2. The van der Waals surface area contributed by atoms with Crippen molar-refractivity contribution >= 4 is 34.8 Å². The summed E-state index contributed by atoms with van der Waals surface area (Å²) >= 11 is 5.93. The van der Waals surface area contributed by atoms with Gasteiger partial charge in [-0.2, -0.15) is 0 Å². The van der Waals surface area contributed by atoms with Crippen molar-refractivity contribution < 1.29 is 19.1 Å². The number of rotatable bonds is 8. The minimum Gasteiger partial charge on any atom is -0.494 e. The molecule has 0 fully saturated rings. The lowest BCUT2D eigenvalue weighted by Crippen LogP contribution is -2.13. The van der Waals surface area contributed by atoms with E-state index >= 15 is 0 Å². The van der Waals surface area contributed by atoms with Crippen molar-refractivity contribution in [3.63, 3.8) is 0 Å². The molecule has 0 bridgehead atoms. The maximum atomic E-state index is 12.7. The van der Waals surface area contributed by atoms with Gasteiger partial charge in [-0.05, 0) is 68.4 Å². The largest absolute Gasteiger partial charge is 0.494 e. The van der Waals surface area contributed by atoms with Crippen molar-refractivity contribution in [2.75, 3.05) is 23.8 Å². The lowest BCUT2D eigenvalue weighted by molar-refractivity contribution is 0.101. The standard InChI is InChI=1S/C24H23ClN2O4/c1-3-30-21-13-17(14-22(15-21)31-4-2)24(29)27-20-10-8-19(9-11-20)26-23(28)16-6-5-7-18(25)12-16/h5-15H,3-4H2,1-2H3,(H,26,28)(H,27,29). The van der Waals surface area contributed by atoms with E-state index in [2.05, 4.69) is 10.6 Å². The third-order valence-electron chi connectivity index (χ3n) is 4.25. The third-order valence-corrected chi connectivity index (χ3v) is 4.49. The van der Waals surface area contributed by atoms with Gasteiger partial charge >= 0.3 is 0 Å². The normalized spacial score (nSPS) is 10.3. The topological polar surface area (TPSA) is 76.7 Å². The molecule has 3 aromatic rings. The van der Waals surface area contributed by atoms with Crippen molar-refractivity contribution in [2.24, 2.45) is 0 Å². The van der Waals surface area contributed by atoms with E-state index in [1.165, 1.54) is 0 Å². The summed E-state index contributed by atoms with van der Waals surface area (Å²) in [6.07, 6.45) is 0. The summed E-state index contributed by atoms with van der Waals surface area (Å²) < 4.78 is 11.0. The van der Waals surface area contributed by atoms with Crippen LogP contribution in [0.2, 0.25) is 5.02 Å². The molecule has 0 aliphatic heterocycles. The third kappa shape index (κ3) is 6.23. The molecule has 0 saturated heterocycles. The van der Waals surface area contributed by atoms with Gasteiger partial charge in [-0.25, -0.2) is 0 Å². The van der Waals surface area contributed by atoms with Crippen LogP contribution in [-0.2, 0) is 0 Å². The molecule has 0 heterocycles. The second-order valence-corrected chi connectivity index (χ2v) is 6.99. The Labute approximate surface area is 186 Å². The van der Waals surface area contributed by atoms with Crippen molar-refractivity contribution in [3.05, 3.63) is 82.9 Å². The Balaban J connectivity index is 1.68. The number of nitrogens with one attached hydrogen (secondary N) is 2.